The summed E-state index contributed by atoms with van der Waals surface area (Å²) in [5.74, 6) is -1.03. The Bertz CT molecular complexity index is 588. The lowest BCUT2D eigenvalue weighted by Crippen LogP contribution is -2.40. The van der Waals surface area contributed by atoms with Gasteiger partial charge in [-0.2, -0.15) is 5.26 Å². The van der Waals surface area contributed by atoms with Gasteiger partial charge >= 0.3 is 12.0 Å². The number of aliphatic carboxylic acids is 1. The number of nitriles is 1. The molecule has 1 aliphatic rings. The van der Waals surface area contributed by atoms with Gasteiger partial charge in [0.25, 0.3) is 0 Å². The first kappa shape index (κ1) is 13.9. The molecule has 1 aromatic carbocycles. The van der Waals surface area contributed by atoms with Gasteiger partial charge in [0.2, 0.25) is 0 Å². The summed E-state index contributed by atoms with van der Waals surface area (Å²) >= 11 is 0. The van der Waals surface area contributed by atoms with E-state index in [0.29, 0.717) is 11.3 Å². The zero-order chi connectivity index (χ0) is 14.7. The van der Waals surface area contributed by atoms with E-state index in [9.17, 15) is 9.59 Å². The van der Waals surface area contributed by atoms with Crippen LogP contribution in [0.3, 0.4) is 0 Å². The van der Waals surface area contributed by atoms with Gasteiger partial charge in [0, 0.05) is 11.7 Å². The summed E-state index contributed by atoms with van der Waals surface area (Å²) in [4.78, 5) is 24.3. The van der Waals surface area contributed by atoms with Crippen molar-refractivity contribution in [3.8, 4) is 6.07 Å². The van der Waals surface area contributed by atoms with Crippen molar-refractivity contribution < 1.29 is 14.7 Å². The van der Waals surface area contributed by atoms with Crippen LogP contribution in [0.4, 0.5) is 10.5 Å². The number of hydrogen-bond donors (Lipinski definition) is 2. The Kier molecular flexibility index (Phi) is 3.89. The van der Waals surface area contributed by atoms with Crippen LogP contribution >= 0.6 is 0 Å². The minimum absolute atomic E-state index is 0.00514. The third-order valence-electron chi connectivity index (χ3n) is 3.16. The molecule has 1 aromatic rings. The van der Waals surface area contributed by atoms with Crippen LogP contribution in [0, 0.1) is 18.3 Å². The molecule has 2 amide bonds. The molecule has 0 bridgehead atoms. The maximum Gasteiger partial charge on any atom is 0.323 e. The number of carboxylic acid groups (broad SMARTS) is 1. The second-order valence-electron chi connectivity index (χ2n) is 4.82. The van der Waals surface area contributed by atoms with Crippen molar-refractivity contribution in [2.75, 3.05) is 11.9 Å². The van der Waals surface area contributed by atoms with Crippen LogP contribution in [0.5, 0.6) is 0 Å². The maximum absolute atomic E-state index is 12.2. The third-order valence-corrected chi connectivity index (χ3v) is 3.16. The molecule has 1 fully saturated rings. The maximum atomic E-state index is 12.2. The molecule has 0 saturated heterocycles. The van der Waals surface area contributed by atoms with Crippen molar-refractivity contribution in [2.45, 2.75) is 25.8 Å². The van der Waals surface area contributed by atoms with Gasteiger partial charge in [0.05, 0.1) is 11.6 Å². The van der Waals surface area contributed by atoms with Gasteiger partial charge in [-0.25, -0.2) is 4.79 Å². The highest BCUT2D eigenvalue weighted by Crippen LogP contribution is 2.27. The molecule has 2 N–H and O–H groups in total. The summed E-state index contributed by atoms with van der Waals surface area (Å²) in [6.45, 7) is 1.50. The second-order valence-corrected chi connectivity index (χ2v) is 4.82. The topological polar surface area (TPSA) is 93.4 Å². The molecule has 0 spiro atoms. The van der Waals surface area contributed by atoms with Crippen molar-refractivity contribution in [3.63, 3.8) is 0 Å². The number of carbonyl (C=O) groups is 2. The second kappa shape index (κ2) is 5.61. The van der Waals surface area contributed by atoms with Gasteiger partial charge in [-0.15, -0.1) is 0 Å². The van der Waals surface area contributed by atoms with E-state index in [1.165, 1.54) is 4.90 Å². The van der Waals surface area contributed by atoms with Crippen LogP contribution in [0.25, 0.3) is 0 Å². The largest absolute Gasteiger partial charge is 0.480 e. The molecular formula is C14H15N3O3. The van der Waals surface area contributed by atoms with Gasteiger partial charge in [-0.05, 0) is 37.5 Å². The predicted molar refractivity (Wildman–Crippen MR) is 72.3 cm³/mol. The lowest BCUT2D eigenvalue weighted by Gasteiger charge is -2.21. The summed E-state index contributed by atoms with van der Waals surface area (Å²) in [6, 6.07) is 6.57. The Hall–Kier alpha value is -2.55. The van der Waals surface area contributed by atoms with E-state index < -0.39 is 12.0 Å². The molecule has 1 aliphatic carbocycles. The number of rotatable bonds is 4. The molecule has 0 aromatic heterocycles. The fourth-order valence-corrected chi connectivity index (χ4v) is 1.91. The fraction of sp³-hybridized carbons (Fsp3) is 0.357. The first-order chi connectivity index (χ1) is 9.51. The molecule has 0 atom stereocenters. The normalized spacial score (nSPS) is 13.4. The van der Waals surface area contributed by atoms with E-state index >= 15 is 0 Å². The molecule has 1 saturated carbocycles. The SMILES string of the molecule is Cc1ccc(C#N)cc1NC(=O)N(CC(=O)O)C1CC1. The van der Waals surface area contributed by atoms with Crippen molar-refractivity contribution in [1.82, 2.24) is 4.90 Å². The van der Waals surface area contributed by atoms with Crippen LogP contribution in [-0.2, 0) is 4.79 Å². The smallest absolute Gasteiger partial charge is 0.323 e. The Morgan fingerprint density at radius 3 is 2.75 bits per heavy atom. The number of benzene rings is 1. The molecule has 6 heteroatoms. The first-order valence-electron chi connectivity index (χ1n) is 6.31. The highest BCUT2D eigenvalue weighted by molar-refractivity contribution is 5.92. The van der Waals surface area contributed by atoms with E-state index in [-0.39, 0.29) is 12.6 Å². The summed E-state index contributed by atoms with van der Waals surface area (Å²) < 4.78 is 0. The molecule has 0 radical (unpaired) electrons. The van der Waals surface area contributed by atoms with Gasteiger partial charge in [0.15, 0.2) is 0 Å². The number of aryl methyl sites for hydroxylation is 1. The minimum Gasteiger partial charge on any atom is -0.480 e. The van der Waals surface area contributed by atoms with Crippen molar-refractivity contribution in [2.24, 2.45) is 0 Å². The highest BCUT2D eigenvalue weighted by Gasteiger charge is 2.34. The van der Waals surface area contributed by atoms with Crippen LogP contribution in [0.15, 0.2) is 18.2 Å². The average Bonchev–Trinajstić information content (AvgIpc) is 3.22. The molecule has 0 unspecified atom stereocenters. The van der Waals surface area contributed by atoms with Crippen LogP contribution in [0.2, 0.25) is 0 Å². The van der Waals surface area contributed by atoms with Crippen molar-refractivity contribution >= 4 is 17.7 Å². The lowest BCUT2D eigenvalue weighted by molar-refractivity contribution is -0.137. The van der Waals surface area contributed by atoms with E-state index in [0.717, 1.165) is 18.4 Å². The molecule has 20 heavy (non-hydrogen) atoms. The Morgan fingerprint density at radius 1 is 1.50 bits per heavy atom. The number of nitrogens with zero attached hydrogens (tertiary/aromatic N) is 2. The Labute approximate surface area is 116 Å². The average molecular weight is 273 g/mol. The quantitative estimate of drug-likeness (QED) is 0.876. The van der Waals surface area contributed by atoms with Crippen molar-refractivity contribution in [3.05, 3.63) is 29.3 Å². The number of urea groups is 1. The fourth-order valence-electron chi connectivity index (χ4n) is 1.91. The predicted octanol–water partition coefficient (Wildman–Crippen LogP) is 1.95. The summed E-state index contributed by atoms with van der Waals surface area (Å²) in [5.41, 5.74) is 1.80. The summed E-state index contributed by atoms with van der Waals surface area (Å²) in [6.07, 6.45) is 1.66. The van der Waals surface area contributed by atoms with Crippen LogP contribution in [-0.4, -0.2) is 34.6 Å². The van der Waals surface area contributed by atoms with Gasteiger partial charge in [-0.1, -0.05) is 6.07 Å². The molecule has 0 heterocycles. The molecular weight excluding hydrogens is 258 g/mol. The Morgan fingerprint density at radius 2 is 2.20 bits per heavy atom. The molecule has 2 rings (SSSR count). The monoisotopic (exact) mass is 273 g/mol. The lowest BCUT2D eigenvalue weighted by atomic mass is 10.1. The zero-order valence-corrected chi connectivity index (χ0v) is 11.1. The van der Waals surface area contributed by atoms with Gasteiger partial charge < -0.3 is 15.3 Å². The first-order valence-corrected chi connectivity index (χ1v) is 6.31. The number of carbonyl (C=O) groups excluding carboxylic acids is 1. The van der Waals surface area contributed by atoms with E-state index in [2.05, 4.69) is 5.32 Å². The minimum atomic E-state index is -1.03. The van der Waals surface area contributed by atoms with E-state index in [4.69, 9.17) is 10.4 Å². The summed E-state index contributed by atoms with van der Waals surface area (Å²) in [5, 5.41) is 20.4. The number of nitrogens with one attached hydrogen (secondary N) is 1. The van der Waals surface area contributed by atoms with Crippen molar-refractivity contribution in [1.29, 1.82) is 5.26 Å². The Balaban J connectivity index is 2.13. The number of anilines is 1. The zero-order valence-electron chi connectivity index (χ0n) is 11.1. The van der Waals surface area contributed by atoms with Crippen LogP contribution < -0.4 is 5.32 Å². The standard InChI is InChI=1S/C14H15N3O3/c1-9-2-3-10(7-15)6-12(9)16-14(20)17(8-13(18)19)11-4-5-11/h2-3,6,11H,4-5,8H2,1H3,(H,16,20)(H,18,19). The highest BCUT2D eigenvalue weighted by atomic mass is 16.4. The van der Waals surface area contributed by atoms with Crippen LogP contribution in [0.1, 0.15) is 24.0 Å². The molecule has 0 aliphatic heterocycles. The third kappa shape index (κ3) is 3.26. The number of hydrogen-bond acceptors (Lipinski definition) is 3. The summed E-state index contributed by atoms with van der Waals surface area (Å²) in [7, 11) is 0. The molecule has 6 nitrogen and oxygen atoms in total. The van der Waals surface area contributed by atoms with E-state index in [1.807, 2.05) is 13.0 Å². The number of amides is 2. The molecule has 104 valence electrons. The van der Waals surface area contributed by atoms with E-state index in [1.54, 1.807) is 18.2 Å². The number of carboxylic acids is 1. The van der Waals surface area contributed by atoms with Gasteiger partial charge in [-0.3, -0.25) is 4.79 Å². The van der Waals surface area contributed by atoms with Gasteiger partial charge in [0.1, 0.15) is 6.54 Å².